The topological polar surface area (TPSA) is 46.9 Å². The van der Waals surface area contributed by atoms with Crippen LogP contribution in [-0.2, 0) is 4.79 Å². The van der Waals surface area contributed by atoms with Gasteiger partial charge in [-0.05, 0) is 24.5 Å². The highest BCUT2D eigenvalue weighted by Crippen LogP contribution is 2.41. The Hall–Kier alpha value is -2.24. The summed E-state index contributed by atoms with van der Waals surface area (Å²) in [7, 11) is 0. The van der Waals surface area contributed by atoms with Crippen LogP contribution < -0.4 is 5.32 Å². The number of fused-ring (bicyclic) bond motifs is 1. The number of halogens is 2. The average Bonchev–Trinajstić information content (AvgIpc) is 3.18. The van der Waals surface area contributed by atoms with Gasteiger partial charge in [0.15, 0.2) is 11.6 Å². The number of nitrogens with zero attached hydrogens (tertiary/aromatic N) is 2. The van der Waals surface area contributed by atoms with Gasteiger partial charge in [0.1, 0.15) is 5.82 Å². The molecule has 1 saturated carbocycles. The van der Waals surface area contributed by atoms with Crippen molar-refractivity contribution in [2.45, 2.75) is 44.1 Å². The van der Waals surface area contributed by atoms with E-state index in [4.69, 9.17) is 0 Å². The molecule has 6 heteroatoms. The Bertz CT molecular complexity index is 765. The van der Waals surface area contributed by atoms with Crippen LogP contribution in [0.3, 0.4) is 0 Å². The minimum atomic E-state index is -0.891. The van der Waals surface area contributed by atoms with Gasteiger partial charge in [-0.1, -0.05) is 25.0 Å². The summed E-state index contributed by atoms with van der Waals surface area (Å²) >= 11 is 0. The largest absolute Gasteiger partial charge is 0.311 e. The zero-order valence-electron chi connectivity index (χ0n) is 12.6. The van der Waals surface area contributed by atoms with Crippen molar-refractivity contribution in [1.29, 1.82) is 0 Å². The number of rotatable bonds is 2. The summed E-state index contributed by atoms with van der Waals surface area (Å²) in [5.41, 5.74) is 0.980. The summed E-state index contributed by atoms with van der Waals surface area (Å²) < 4.78 is 29.6. The summed E-state index contributed by atoms with van der Waals surface area (Å²) in [6.07, 6.45) is 6.14. The highest BCUT2D eigenvalue weighted by Gasteiger charge is 2.34. The maximum atomic E-state index is 14.2. The first-order valence-electron chi connectivity index (χ1n) is 7.96. The Kier molecular flexibility index (Phi) is 3.39. The minimum absolute atomic E-state index is 0.101. The van der Waals surface area contributed by atoms with Gasteiger partial charge < -0.3 is 5.32 Å². The molecule has 1 fully saturated rings. The number of hydrogen-bond acceptors (Lipinski definition) is 2. The van der Waals surface area contributed by atoms with E-state index < -0.39 is 17.6 Å². The molecule has 4 rings (SSSR count). The van der Waals surface area contributed by atoms with Crippen LogP contribution in [0.25, 0.3) is 0 Å². The predicted molar refractivity (Wildman–Crippen MR) is 81.2 cm³/mol. The average molecular weight is 317 g/mol. The number of carbonyl (C=O) groups is 1. The van der Waals surface area contributed by atoms with Crippen molar-refractivity contribution in [3.63, 3.8) is 0 Å². The molecule has 1 N–H and O–H groups in total. The van der Waals surface area contributed by atoms with Crippen molar-refractivity contribution < 1.29 is 13.6 Å². The second-order valence-electron chi connectivity index (χ2n) is 6.28. The van der Waals surface area contributed by atoms with Crippen molar-refractivity contribution in [3.05, 3.63) is 47.2 Å². The van der Waals surface area contributed by atoms with Crippen LogP contribution in [0, 0.1) is 11.6 Å². The van der Waals surface area contributed by atoms with Gasteiger partial charge in [0.2, 0.25) is 5.91 Å². The first-order valence-corrected chi connectivity index (χ1v) is 7.96. The van der Waals surface area contributed by atoms with Gasteiger partial charge in [0.25, 0.3) is 0 Å². The quantitative estimate of drug-likeness (QED) is 0.917. The molecule has 0 radical (unpaired) electrons. The molecular weight excluding hydrogens is 300 g/mol. The monoisotopic (exact) mass is 317 g/mol. The van der Waals surface area contributed by atoms with Gasteiger partial charge in [-0.15, -0.1) is 0 Å². The first-order chi connectivity index (χ1) is 11.1. The molecule has 1 aromatic heterocycles. The molecule has 1 unspecified atom stereocenters. The van der Waals surface area contributed by atoms with E-state index in [9.17, 15) is 13.6 Å². The van der Waals surface area contributed by atoms with Gasteiger partial charge in [0, 0.05) is 17.9 Å². The smallest absolute Gasteiger partial charge is 0.226 e. The Labute approximate surface area is 132 Å². The molecular formula is C17H17F2N3O. The lowest BCUT2D eigenvalue weighted by Gasteiger charge is -2.25. The molecule has 0 spiro atoms. The second-order valence-corrected chi connectivity index (χ2v) is 6.28. The van der Waals surface area contributed by atoms with Gasteiger partial charge >= 0.3 is 0 Å². The van der Waals surface area contributed by atoms with Crippen LogP contribution in [0.15, 0.2) is 24.4 Å². The number of amides is 1. The normalized spacial score (nSPS) is 21.3. The Morgan fingerprint density at radius 1 is 1.17 bits per heavy atom. The van der Waals surface area contributed by atoms with Gasteiger partial charge in [0.05, 0.1) is 12.2 Å². The van der Waals surface area contributed by atoms with E-state index in [1.54, 1.807) is 12.3 Å². The second kappa shape index (κ2) is 5.44. The fourth-order valence-electron chi connectivity index (χ4n) is 3.73. The molecule has 2 aromatic rings. The van der Waals surface area contributed by atoms with Crippen LogP contribution in [0.5, 0.6) is 0 Å². The first kappa shape index (κ1) is 14.4. The van der Waals surface area contributed by atoms with Gasteiger partial charge in [-0.25, -0.2) is 13.5 Å². The molecule has 1 aliphatic heterocycles. The summed E-state index contributed by atoms with van der Waals surface area (Å²) in [5.74, 6) is -1.82. The van der Waals surface area contributed by atoms with E-state index in [2.05, 4.69) is 10.4 Å². The minimum Gasteiger partial charge on any atom is -0.311 e. The fourth-order valence-corrected chi connectivity index (χ4v) is 3.73. The summed E-state index contributed by atoms with van der Waals surface area (Å²) in [6.45, 7) is 0. The fraction of sp³-hybridized carbons (Fsp3) is 0.412. The van der Waals surface area contributed by atoms with E-state index in [0.29, 0.717) is 5.82 Å². The number of benzene rings is 1. The van der Waals surface area contributed by atoms with Gasteiger partial charge in [-0.3, -0.25) is 4.79 Å². The number of nitrogens with one attached hydrogen (secondary N) is 1. The summed E-state index contributed by atoms with van der Waals surface area (Å²) in [6, 6.07) is 4.37. The maximum absolute atomic E-state index is 14.2. The van der Waals surface area contributed by atoms with Crippen LogP contribution >= 0.6 is 0 Å². The molecule has 23 heavy (non-hydrogen) atoms. The number of carbonyl (C=O) groups excluding carboxylic acids is 1. The zero-order valence-corrected chi connectivity index (χ0v) is 12.6. The van der Waals surface area contributed by atoms with Crippen molar-refractivity contribution >= 4 is 11.7 Å². The third-order valence-electron chi connectivity index (χ3n) is 4.87. The van der Waals surface area contributed by atoms with Crippen LogP contribution in [0.1, 0.15) is 55.2 Å². The number of anilines is 1. The predicted octanol–water partition coefficient (Wildman–Crippen LogP) is 3.75. The lowest BCUT2D eigenvalue weighted by Crippen LogP contribution is -2.26. The van der Waals surface area contributed by atoms with E-state index in [1.807, 2.05) is 4.68 Å². The van der Waals surface area contributed by atoms with E-state index in [-0.39, 0.29) is 23.9 Å². The molecule has 1 aliphatic carbocycles. The Morgan fingerprint density at radius 2 is 1.96 bits per heavy atom. The van der Waals surface area contributed by atoms with Crippen LogP contribution in [0.4, 0.5) is 14.6 Å². The van der Waals surface area contributed by atoms with E-state index in [0.717, 1.165) is 37.3 Å². The molecule has 2 heterocycles. The van der Waals surface area contributed by atoms with E-state index in [1.165, 1.54) is 6.07 Å². The zero-order chi connectivity index (χ0) is 16.0. The SMILES string of the molecule is O=C1CC(c2cccc(F)c2F)c2cnn(C3CCCC3)c2N1. The third kappa shape index (κ3) is 2.33. The van der Waals surface area contributed by atoms with Crippen molar-refractivity contribution in [1.82, 2.24) is 9.78 Å². The van der Waals surface area contributed by atoms with E-state index >= 15 is 0 Å². The van der Waals surface area contributed by atoms with Crippen molar-refractivity contribution in [2.24, 2.45) is 0 Å². The lowest BCUT2D eigenvalue weighted by molar-refractivity contribution is -0.116. The van der Waals surface area contributed by atoms with Crippen molar-refractivity contribution in [2.75, 3.05) is 5.32 Å². The molecule has 0 bridgehead atoms. The molecule has 4 nitrogen and oxygen atoms in total. The van der Waals surface area contributed by atoms with Crippen LogP contribution in [-0.4, -0.2) is 15.7 Å². The van der Waals surface area contributed by atoms with Crippen molar-refractivity contribution in [3.8, 4) is 0 Å². The molecule has 1 atom stereocenters. The molecule has 1 aromatic carbocycles. The highest BCUT2D eigenvalue weighted by atomic mass is 19.2. The lowest BCUT2D eigenvalue weighted by atomic mass is 9.87. The Morgan fingerprint density at radius 3 is 2.74 bits per heavy atom. The summed E-state index contributed by atoms with van der Waals surface area (Å²) in [5, 5.41) is 7.29. The molecule has 2 aliphatic rings. The number of aromatic nitrogens is 2. The number of hydrogen-bond donors (Lipinski definition) is 1. The highest BCUT2D eigenvalue weighted by molar-refractivity contribution is 5.94. The van der Waals surface area contributed by atoms with Crippen LogP contribution in [0.2, 0.25) is 0 Å². The standard InChI is InChI=1S/C17H17F2N3O/c18-14-7-3-6-11(16(14)19)12-8-15(23)21-17-13(12)9-20-22(17)10-4-1-2-5-10/h3,6-7,9-10,12H,1-2,4-5,8H2,(H,21,23). The molecule has 0 saturated heterocycles. The maximum Gasteiger partial charge on any atom is 0.226 e. The third-order valence-corrected chi connectivity index (χ3v) is 4.87. The summed E-state index contributed by atoms with van der Waals surface area (Å²) in [4.78, 5) is 12.1. The molecule has 1 amide bonds. The Balaban J connectivity index is 1.80. The van der Waals surface area contributed by atoms with Gasteiger partial charge in [-0.2, -0.15) is 5.10 Å². The molecule has 120 valence electrons.